The molecule has 0 saturated carbocycles. The maximum absolute atomic E-state index is 5.66. The summed E-state index contributed by atoms with van der Waals surface area (Å²) in [7, 11) is 0. The normalized spacial score (nSPS) is 11.2. The number of hydrogen-bond acceptors (Lipinski definition) is 2. The fourth-order valence-electron chi connectivity index (χ4n) is 2.05. The van der Waals surface area contributed by atoms with Crippen LogP contribution in [0.15, 0.2) is 60.7 Å². The molecule has 114 valence electrons. The predicted octanol–water partition coefficient (Wildman–Crippen LogP) is 5.21. The summed E-state index contributed by atoms with van der Waals surface area (Å²) in [4.78, 5) is 0. The molecular weight excluding hydrogens is 272 g/mol. The first kappa shape index (κ1) is 15.9. The van der Waals surface area contributed by atoms with Gasteiger partial charge in [0.1, 0.15) is 24.7 Å². The summed E-state index contributed by atoms with van der Waals surface area (Å²) in [5, 5.41) is 0. The Morgan fingerprint density at radius 1 is 0.636 bits per heavy atom. The molecule has 0 amide bonds. The smallest absolute Gasteiger partial charge is 0.122 e. The van der Waals surface area contributed by atoms with E-state index in [2.05, 4.69) is 12.2 Å². The van der Waals surface area contributed by atoms with Crippen LogP contribution in [0.5, 0.6) is 11.5 Å². The molecule has 0 atom stereocenters. The summed E-state index contributed by atoms with van der Waals surface area (Å²) >= 11 is 0. The lowest BCUT2D eigenvalue weighted by Gasteiger charge is -2.08. The van der Waals surface area contributed by atoms with Crippen LogP contribution in [-0.4, -0.2) is 13.2 Å². The van der Waals surface area contributed by atoms with Gasteiger partial charge in [0, 0.05) is 0 Å². The molecule has 2 aromatic rings. The summed E-state index contributed by atoms with van der Waals surface area (Å²) in [6, 6.07) is 16.0. The summed E-state index contributed by atoms with van der Waals surface area (Å²) in [6.07, 6.45) is 8.16. The zero-order valence-electron chi connectivity index (χ0n) is 13.2. The zero-order chi connectivity index (χ0) is 15.6. The van der Waals surface area contributed by atoms with Crippen molar-refractivity contribution in [1.82, 2.24) is 0 Å². The van der Waals surface area contributed by atoms with Gasteiger partial charge in [-0.1, -0.05) is 48.6 Å². The fraction of sp³-hybridized carbons (Fsp3) is 0.200. The van der Waals surface area contributed by atoms with E-state index in [1.165, 1.54) is 11.1 Å². The molecular formula is C20H22O2. The van der Waals surface area contributed by atoms with E-state index in [1.807, 2.05) is 74.5 Å². The molecule has 0 bridgehead atoms. The van der Waals surface area contributed by atoms with E-state index in [0.29, 0.717) is 13.2 Å². The molecule has 0 fully saturated rings. The molecule has 2 rings (SSSR count). The predicted molar refractivity (Wildman–Crippen MR) is 93.3 cm³/mol. The maximum atomic E-state index is 5.66. The monoisotopic (exact) mass is 294 g/mol. The lowest BCUT2D eigenvalue weighted by Crippen LogP contribution is -2.08. The van der Waals surface area contributed by atoms with Gasteiger partial charge in [0.25, 0.3) is 0 Å². The molecule has 0 radical (unpaired) electrons. The van der Waals surface area contributed by atoms with Crippen molar-refractivity contribution in [3.05, 3.63) is 71.8 Å². The Morgan fingerprint density at radius 2 is 1.00 bits per heavy atom. The van der Waals surface area contributed by atoms with Gasteiger partial charge in [-0.05, 0) is 49.2 Å². The quantitative estimate of drug-likeness (QED) is 0.653. The second-order valence-electron chi connectivity index (χ2n) is 4.83. The summed E-state index contributed by atoms with van der Waals surface area (Å²) in [5.41, 5.74) is 2.35. The van der Waals surface area contributed by atoms with E-state index in [1.54, 1.807) is 0 Å². The van der Waals surface area contributed by atoms with Gasteiger partial charge in [-0.3, -0.25) is 0 Å². The van der Waals surface area contributed by atoms with E-state index in [9.17, 15) is 0 Å². The van der Waals surface area contributed by atoms with Crippen molar-refractivity contribution in [2.24, 2.45) is 0 Å². The lowest BCUT2D eigenvalue weighted by molar-refractivity contribution is 0.217. The number of hydrogen-bond donors (Lipinski definition) is 0. The third-order valence-electron chi connectivity index (χ3n) is 3.10. The van der Waals surface area contributed by atoms with Gasteiger partial charge in [0.2, 0.25) is 0 Å². The fourth-order valence-corrected chi connectivity index (χ4v) is 2.05. The molecule has 22 heavy (non-hydrogen) atoms. The van der Waals surface area contributed by atoms with Gasteiger partial charge < -0.3 is 9.47 Å². The molecule has 0 aliphatic carbocycles. The molecule has 0 aromatic heterocycles. The highest BCUT2D eigenvalue weighted by Crippen LogP contribution is 2.15. The van der Waals surface area contributed by atoms with Crippen LogP contribution in [0, 0.1) is 0 Å². The van der Waals surface area contributed by atoms with E-state index in [-0.39, 0.29) is 0 Å². The van der Waals surface area contributed by atoms with Crippen molar-refractivity contribution in [2.75, 3.05) is 13.2 Å². The Bertz CT molecular complexity index is 550. The van der Waals surface area contributed by atoms with Crippen molar-refractivity contribution in [3.8, 4) is 11.5 Å². The molecule has 0 aliphatic rings. The van der Waals surface area contributed by atoms with Gasteiger partial charge in [-0.2, -0.15) is 0 Å². The van der Waals surface area contributed by atoms with E-state index in [4.69, 9.17) is 9.47 Å². The first-order valence-electron chi connectivity index (χ1n) is 7.53. The highest BCUT2D eigenvalue weighted by Gasteiger charge is 1.96. The van der Waals surface area contributed by atoms with Crippen LogP contribution in [0.4, 0.5) is 0 Å². The molecule has 2 nitrogen and oxygen atoms in total. The molecule has 2 heteroatoms. The first-order valence-corrected chi connectivity index (χ1v) is 7.53. The van der Waals surface area contributed by atoms with Crippen molar-refractivity contribution < 1.29 is 9.47 Å². The Hall–Kier alpha value is -2.48. The number of rotatable bonds is 7. The topological polar surface area (TPSA) is 18.5 Å². The average Bonchev–Trinajstić information content (AvgIpc) is 2.55. The number of allylic oxidation sites excluding steroid dienone is 2. The zero-order valence-corrected chi connectivity index (χ0v) is 13.2. The Labute approximate surface area is 132 Å². The van der Waals surface area contributed by atoms with Crippen LogP contribution in [0.2, 0.25) is 0 Å². The number of benzene rings is 2. The Morgan fingerprint density at radius 3 is 1.32 bits per heavy atom. The summed E-state index contributed by atoms with van der Waals surface area (Å²) < 4.78 is 11.3. The molecule has 0 spiro atoms. The van der Waals surface area contributed by atoms with Crippen molar-refractivity contribution in [3.63, 3.8) is 0 Å². The minimum Gasteiger partial charge on any atom is -0.490 e. The van der Waals surface area contributed by atoms with Crippen molar-refractivity contribution in [2.45, 2.75) is 13.8 Å². The van der Waals surface area contributed by atoms with E-state index >= 15 is 0 Å². The first-order chi connectivity index (χ1) is 10.8. The lowest BCUT2D eigenvalue weighted by atomic mass is 10.2. The summed E-state index contributed by atoms with van der Waals surface area (Å²) in [6.45, 7) is 5.07. The molecule has 2 aromatic carbocycles. The molecule has 0 N–H and O–H groups in total. The third kappa shape index (κ3) is 5.13. The summed E-state index contributed by atoms with van der Waals surface area (Å²) in [5.74, 6) is 1.72. The van der Waals surface area contributed by atoms with Crippen LogP contribution in [-0.2, 0) is 0 Å². The van der Waals surface area contributed by atoms with Gasteiger partial charge >= 0.3 is 0 Å². The van der Waals surface area contributed by atoms with Gasteiger partial charge in [-0.25, -0.2) is 0 Å². The standard InChI is InChI=1S/C20H22O2/c1-3-5-17-7-11-19(12-8-17)21-15-16-22-20-13-9-18(6-4-2)10-14-20/h3-14H,15-16H2,1-2H3/b5-3+,6-4+. The van der Waals surface area contributed by atoms with Crippen LogP contribution < -0.4 is 9.47 Å². The third-order valence-corrected chi connectivity index (χ3v) is 3.10. The Balaban J connectivity index is 1.74. The van der Waals surface area contributed by atoms with Gasteiger partial charge in [0.15, 0.2) is 0 Å². The van der Waals surface area contributed by atoms with Crippen LogP contribution in [0.1, 0.15) is 25.0 Å². The van der Waals surface area contributed by atoms with Gasteiger partial charge in [-0.15, -0.1) is 0 Å². The minimum atomic E-state index is 0.527. The van der Waals surface area contributed by atoms with E-state index in [0.717, 1.165) is 11.5 Å². The second kappa shape index (κ2) is 8.73. The SMILES string of the molecule is C/C=C/c1ccc(OCCOc2ccc(/C=C/C)cc2)cc1. The largest absolute Gasteiger partial charge is 0.490 e. The maximum Gasteiger partial charge on any atom is 0.122 e. The molecule has 0 heterocycles. The molecule has 0 saturated heterocycles. The average molecular weight is 294 g/mol. The van der Waals surface area contributed by atoms with Gasteiger partial charge in [0.05, 0.1) is 0 Å². The second-order valence-corrected chi connectivity index (χ2v) is 4.83. The van der Waals surface area contributed by atoms with Crippen LogP contribution >= 0.6 is 0 Å². The van der Waals surface area contributed by atoms with Crippen LogP contribution in [0.25, 0.3) is 12.2 Å². The number of ether oxygens (including phenoxy) is 2. The highest BCUT2D eigenvalue weighted by molar-refractivity contribution is 5.50. The van der Waals surface area contributed by atoms with Crippen LogP contribution in [0.3, 0.4) is 0 Å². The Kier molecular flexibility index (Phi) is 6.31. The molecule has 0 unspecified atom stereocenters. The molecule has 0 aliphatic heterocycles. The minimum absolute atomic E-state index is 0.527. The highest BCUT2D eigenvalue weighted by atomic mass is 16.5. The van der Waals surface area contributed by atoms with Crippen molar-refractivity contribution >= 4 is 12.2 Å². The van der Waals surface area contributed by atoms with Crippen molar-refractivity contribution in [1.29, 1.82) is 0 Å². The van der Waals surface area contributed by atoms with E-state index < -0.39 is 0 Å².